The van der Waals surface area contributed by atoms with Crippen LogP contribution in [0.1, 0.15) is 37.0 Å². The molecular weight excluding hydrogens is 569 g/mol. The molecule has 1 nitrogen and oxygen atoms in total. The van der Waals surface area contributed by atoms with Crippen molar-refractivity contribution in [3.05, 3.63) is 169 Å². The van der Waals surface area contributed by atoms with Crippen molar-refractivity contribution in [1.29, 1.82) is 0 Å². The molecule has 0 N–H and O–H groups in total. The molecular formula is C46H28O. The Kier molecular flexibility index (Phi) is 2.37. The Labute approximate surface area is 309 Å². The molecule has 218 valence electrons. The third-order valence-corrected chi connectivity index (χ3v) is 7.71. The van der Waals surface area contributed by atoms with Crippen LogP contribution in [0.4, 0.5) is 0 Å². The quantitative estimate of drug-likeness (QED) is 0.178. The van der Waals surface area contributed by atoms with E-state index in [1.54, 1.807) is 0 Å². The first-order valence-corrected chi connectivity index (χ1v) is 14.0. The van der Waals surface area contributed by atoms with Gasteiger partial charge in [-0.3, -0.25) is 0 Å². The van der Waals surface area contributed by atoms with E-state index in [2.05, 4.69) is 0 Å². The van der Waals surface area contributed by atoms with Gasteiger partial charge >= 0.3 is 0 Å². The van der Waals surface area contributed by atoms with E-state index >= 15 is 0 Å². The number of hydrogen-bond donors (Lipinski definition) is 0. The second kappa shape index (κ2) is 10.2. The zero-order valence-corrected chi connectivity index (χ0v) is 23.5. The summed E-state index contributed by atoms with van der Waals surface area (Å²) < 4.78 is 248. The van der Waals surface area contributed by atoms with Crippen LogP contribution < -0.4 is 0 Å². The highest BCUT2D eigenvalue weighted by molar-refractivity contribution is 6.22. The standard InChI is InChI=1S/C46H28O/c1-2-10-29(11-3-1)32-18-19-34-25-35(21-20-33(34)24-32)45-37-14-6-8-16-39(37)46(40-17-9-7-15-38(40)45)36-22-23-43-41(27-36)42-26-30-12-4-5-13-31(30)28-44(42)47-43/h1-28H/i1D,2D,3D,4D,5D,6D,7D,8D,9D,10D,11D,12D,13D,14D,15D,16D,17D,18D,19D,21D,22D,23D,24D,25D,26D,27D,28D. The predicted molar refractivity (Wildman–Crippen MR) is 200 cm³/mol. The summed E-state index contributed by atoms with van der Waals surface area (Å²) in [5, 5.41) is -5.49. The zero-order valence-electron chi connectivity index (χ0n) is 50.5. The van der Waals surface area contributed by atoms with Crippen LogP contribution in [0.5, 0.6) is 0 Å². The maximum atomic E-state index is 9.82. The lowest BCUT2D eigenvalue weighted by Gasteiger charge is -2.18. The third-order valence-electron chi connectivity index (χ3n) is 7.71. The number of fused-ring (bicyclic) bond motifs is 7. The molecule has 0 fully saturated rings. The van der Waals surface area contributed by atoms with Crippen molar-refractivity contribution in [2.45, 2.75) is 0 Å². The highest BCUT2D eigenvalue weighted by atomic mass is 16.3. The molecule has 0 bridgehead atoms. The Morgan fingerprint density at radius 2 is 0.851 bits per heavy atom. The lowest BCUT2D eigenvalue weighted by atomic mass is 9.85. The summed E-state index contributed by atoms with van der Waals surface area (Å²) in [6.07, 6.45) is 0. The molecule has 0 atom stereocenters. The van der Waals surface area contributed by atoms with Crippen molar-refractivity contribution < 1.29 is 41.4 Å². The van der Waals surface area contributed by atoms with Crippen LogP contribution in [0.25, 0.3) is 98.4 Å². The summed E-state index contributed by atoms with van der Waals surface area (Å²) >= 11 is 0. The average molecular weight is 624 g/mol. The number of benzene rings is 9. The Hall–Kier alpha value is -6.18. The number of rotatable bonds is 3. The first-order valence-electron chi connectivity index (χ1n) is 27.5. The van der Waals surface area contributed by atoms with Gasteiger partial charge in [0.1, 0.15) is 11.2 Å². The molecule has 1 heterocycles. The Morgan fingerprint density at radius 3 is 1.55 bits per heavy atom. The molecule has 1 heteroatoms. The lowest BCUT2D eigenvalue weighted by molar-refractivity contribution is 0.669. The second-order valence-electron chi connectivity index (χ2n) is 10.3. The fraction of sp³-hybridized carbons (Fsp3) is 0. The van der Waals surface area contributed by atoms with Gasteiger partial charge in [0, 0.05) is 10.8 Å². The smallest absolute Gasteiger partial charge is 0.136 e. The maximum absolute atomic E-state index is 9.82. The van der Waals surface area contributed by atoms with Crippen LogP contribution in [0.2, 0.25) is 0 Å². The van der Waals surface area contributed by atoms with Crippen LogP contribution in [0.15, 0.2) is 174 Å². The van der Waals surface area contributed by atoms with Crippen LogP contribution >= 0.6 is 0 Å². The minimum atomic E-state index is -0.955. The van der Waals surface area contributed by atoms with Crippen molar-refractivity contribution in [3.63, 3.8) is 0 Å². The molecule has 0 amide bonds. The molecule has 0 saturated heterocycles. The van der Waals surface area contributed by atoms with Gasteiger partial charge in [0.05, 0.1) is 37.0 Å². The van der Waals surface area contributed by atoms with Gasteiger partial charge in [-0.05, 0) is 113 Å². The van der Waals surface area contributed by atoms with Gasteiger partial charge in [-0.2, -0.15) is 0 Å². The summed E-state index contributed by atoms with van der Waals surface area (Å²) in [6.45, 7) is 0. The SMILES string of the molecule is [2H]c1cc2c([2H])c(-c3c([2H])c([2H])c([2H])c([2H])c3[2H])c([2H])c([2H])c2c([2H])c1-c1c2c([2H])c([2H])c([2H])c([2H])c2c(-c2c([2H])c([2H])c3oc4c([2H])c5c([2H])c([2H])c([2H])c([2H])c5c([2H])c4c3c2[2H])c2c([2H])c([2H])c([2H])c([2H])c12. The van der Waals surface area contributed by atoms with Crippen molar-refractivity contribution >= 4 is 65.0 Å². The van der Waals surface area contributed by atoms with E-state index in [4.69, 9.17) is 25.0 Å². The molecule has 0 saturated carbocycles. The number of hydrogen-bond acceptors (Lipinski definition) is 1. The van der Waals surface area contributed by atoms with Gasteiger partial charge < -0.3 is 4.42 Å². The fourth-order valence-corrected chi connectivity index (χ4v) is 5.68. The molecule has 10 rings (SSSR count). The van der Waals surface area contributed by atoms with E-state index in [1.165, 1.54) is 0 Å². The Morgan fingerprint density at radius 1 is 0.319 bits per heavy atom. The van der Waals surface area contributed by atoms with E-state index in [0.717, 1.165) is 6.07 Å². The van der Waals surface area contributed by atoms with Gasteiger partial charge in [0.15, 0.2) is 0 Å². The van der Waals surface area contributed by atoms with Gasteiger partial charge in [-0.1, -0.05) is 133 Å². The Balaban J connectivity index is 1.44. The third kappa shape index (κ3) is 4.10. The average Bonchev–Trinajstić information content (AvgIpc) is 3.79. The molecule has 0 aliphatic carbocycles. The lowest BCUT2D eigenvalue weighted by Crippen LogP contribution is -1.91. The largest absolute Gasteiger partial charge is 0.456 e. The molecule has 9 aromatic carbocycles. The van der Waals surface area contributed by atoms with E-state index in [-0.39, 0.29) is 0 Å². The summed E-state index contributed by atoms with van der Waals surface area (Å²) in [5.74, 6) is 0. The molecule has 47 heavy (non-hydrogen) atoms. The van der Waals surface area contributed by atoms with Crippen molar-refractivity contribution in [2.24, 2.45) is 0 Å². The summed E-state index contributed by atoms with van der Waals surface area (Å²) in [5.41, 5.74) is -5.04. The van der Waals surface area contributed by atoms with E-state index in [0.29, 0.717) is 0 Å². The Bertz CT molecular complexity index is 4280. The van der Waals surface area contributed by atoms with E-state index in [9.17, 15) is 16.4 Å². The minimum Gasteiger partial charge on any atom is -0.456 e. The fourth-order valence-electron chi connectivity index (χ4n) is 5.68. The first kappa shape index (κ1) is 11.0. The van der Waals surface area contributed by atoms with E-state index < -0.39 is 262 Å². The molecule has 0 aliphatic rings. The van der Waals surface area contributed by atoms with Crippen LogP contribution in [-0.2, 0) is 0 Å². The van der Waals surface area contributed by atoms with Crippen LogP contribution in [0.3, 0.4) is 0 Å². The van der Waals surface area contributed by atoms with E-state index in [1.807, 2.05) is 0 Å². The first-order chi connectivity index (χ1) is 34.6. The topological polar surface area (TPSA) is 13.1 Å². The zero-order chi connectivity index (χ0) is 54.4. The molecule has 0 radical (unpaired) electrons. The van der Waals surface area contributed by atoms with Crippen molar-refractivity contribution in [2.75, 3.05) is 0 Å². The molecule has 10 aromatic rings. The van der Waals surface area contributed by atoms with Gasteiger partial charge in [0.25, 0.3) is 0 Å². The highest BCUT2D eigenvalue weighted by Crippen LogP contribution is 2.45. The van der Waals surface area contributed by atoms with Gasteiger partial charge in [0.2, 0.25) is 0 Å². The summed E-state index contributed by atoms with van der Waals surface area (Å²) in [4.78, 5) is 0. The number of furan rings is 1. The molecule has 1 aromatic heterocycles. The summed E-state index contributed by atoms with van der Waals surface area (Å²) in [6, 6.07) is -21.8. The minimum absolute atomic E-state index is 0.421. The van der Waals surface area contributed by atoms with Gasteiger partial charge in [-0.15, -0.1) is 0 Å². The van der Waals surface area contributed by atoms with Crippen molar-refractivity contribution in [1.82, 2.24) is 0 Å². The van der Waals surface area contributed by atoms with Crippen LogP contribution in [0, 0.1) is 0 Å². The normalized spacial score (nSPS) is 19.9. The summed E-state index contributed by atoms with van der Waals surface area (Å²) in [7, 11) is 0. The monoisotopic (exact) mass is 623 g/mol. The predicted octanol–water partition coefficient (Wildman–Crippen LogP) is 13.2. The van der Waals surface area contributed by atoms with Gasteiger partial charge in [-0.25, -0.2) is 0 Å². The maximum Gasteiger partial charge on any atom is 0.136 e. The highest BCUT2D eigenvalue weighted by Gasteiger charge is 2.18. The van der Waals surface area contributed by atoms with Crippen molar-refractivity contribution in [3.8, 4) is 33.4 Å². The molecule has 0 spiro atoms. The second-order valence-corrected chi connectivity index (χ2v) is 10.3. The molecule has 0 unspecified atom stereocenters. The van der Waals surface area contributed by atoms with Crippen LogP contribution in [-0.4, -0.2) is 0 Å². The molecule has 0 aliphatic heterocycles.